The van der Waals surface area contributed by atoms with Gasteiger partial charge in [0, 0.05) is 13.1 Å². The van der Waals surface area contributed by atoms with Crippen LogP contribution in [-0.2, 0) is 14.9 Å². The highest BCUT2D eigenvalue weighted by Crippen LogP contribution is 2.18. The molecule has 0 bridgehead atoms. The van der Waals surface area contributed by atoms with E-state index >= 15 is 0 Å². The van der Waals surface area contributed by atoms with Gasteiger partial charge in [0.1, 0.15) is 5.84 Å². The Morgan fingerprint density at radius 1 is 1.39 bits per heavy atom. The first-order valence-electron chi connectivity index (χ1n) is 6.09. The Kier molecular flexibility index (Phi) is 5.09. The van der Waals surface area contributed by atoms with Crippen molar-refractivity contribution in [3.05, 3.63) is 0 Å². The molecule has 18 heavy (non-hydrogen) atoms. The molecule has 1 aliphatic heterocycles. The number of nitrogens with one attached hydrogen (secondary N) is 2. The standard InChI is InChI=1S/C10H22N4O3S/c1-3-10(4-2,9(11)12)13-18(15,16)14-5-7-17-8-6-14/h13H,3-8H2,1-2H3,(H3,11,12). The van der Waals surface area contributed by atoms with Gasteiger partial charge in [-0.3, -0.25) is 5.41 Å². The summed E-state index contributed by atoms with van der Waals surface area (Å²) in [5.74, 6) is -0.149. The van der Waals surface area contributed by atoms with Crippen molar-refractivity contribution in [2.45, 2.75) is 32.2 Å². The van der Waals surface area contributed by atoms with E-state index in [9.17, 15) is 8.42 Å². The predicted molar refractivity (Wildman–Crippen MR) is 69.7 cm³/mol. The maximum Gasteiger partial charge on any atom is 0.280 e. The van der Waals surface area contributed by atoms with E-state index in [2.05, 4.69) is 4.72 Å². The summed E-state index contributed by atoms with van der Waals surface area (Å²) in [6, 6.07) is 0. The van der Waals surface area contributed by atoms with Crippen LogP contribution in [-0.4, -0.2) is 50.4 Å². The SMILES string of the molecule is CCC(CC)(NS(=O)(=O)N1CCOCC1)C(=N)N. The summed E-state index contributed by atoms with van der Waals surface area (Å²) >= 11 is 0. The second-order valence-corrected chi connectivity index (χ2v) is 5.99. The molecule has 8 heteroatoms. The number of morpholine rings is 1. The maximum atomic E-state index is 12.2. The molecule has 0 amide bonds. The molecule has 0 atom stereocenters. The van der Waals surface area contributed by atoms with Crippen molar-refractivity contribution in [1.29, 1.82) is 5.41 Å². The molecule has 1 aliphatic rings. The number of amidine groups is 1. The second-order valence-electron chi connectivity index (χ2n) is 4.32. The van der Waals surface area contributed by atoms with Crippen LogP contribution in [0.25, 0.3) is 0 Å². The third-order valence-electron chi connectivity index (χ3n) is 3.36. The topological polar surface area (TPSA) is 109 Å². The zero-order valence-electron chi connectivity index (χ0n) is 10.9. The van der Waals surface area contributed by atoms with Crippen LogP contribution in [0.15, 0.2) is 0 Å². The lowest BCUT2D eigenvalue weighted by molar-refractivity contribution is 0.0721. The van der Waals surface area contributed by atoms with Crippen LogP contribution in [0.4, 0.5) is 0 Å². The number of nitrogens with two attached hydrogens (primary N) is 1. The summed E-state index contributed by atoms with van der Waals surface area (Å²) in [7, 11) is -3.63. The molecule has 1 saturated heterocycles. The molecule has 0 aromatic heterocycles. The monoisotopic (exact) mass is 278 g/mol. The Balaban J connectivity index is 2.88. The summed E-state index contributed by atoms with van der Waals surface area (Å²) in [6.07, 6.45) is 0.894. The van der Waals surface area contributed by atoms with Crippen molar-refractivity contribution < 1.29 is 13.2 Å². The van der Waals surface area contributed by atoms with Crippen LogP contribution < -0.4 is 10.5 Å². The number of hydrogen-bond donors (Lipinski definition) is 3. The van der Waals surface area contributed by atoms with Gasteiger partial charge in [-0.05, 0) is 12.8 Å². The fourth-order valence-electron chi connectivity index (χ4n) is 1.93. The first-order chi connectivity index (χ1) is 8.38. The van der Waals surface area contributed by atoms with Crippen molar-refractivity contribution in [3.8, 4) is 0 Å². The summed E-state index contributed by atoms with van der Waals surface area (Å²) in [6.45, 7) is 5.07. The van der Waals surface area contributed by atoms with Crippen LogP contribution in [0, 0.1) is 5.41 Å². The Bertz CT molecular complexity index is 386. The van der Waals surface area contributed by atoms with Gasteiger partial charge in [-0.25, -0.2) is 0 Å². The van der Waals surface area contributed by atoms with Gasteiger partial charge < -0.3 is 10.5 Å². The van der Waals surface area contributed by atoms with Crippen LogP contribution in [0.3, 0.4) is 0 Å². The molecule has 0 unspecified atom stereocenters. The zero-order chi connectivity index (χ0) is 13.8. The average molecular weight is 278 g/mol. The predicted octanol–water partition coefficient (Wildman–Crippen LogP) is -0.352. The quantitative estimate of drug-likeness (QED) is 0.455. The summed E-state index contributed by atoms with van der Waals surface area (Å²) < 4.78 is 33.5. The Labute approximate surface area is 108 Å². The Hall–Kier alpha value is -0.700. The molecule has 0 aliphatic carbocycles. The fourth-order valence-corrected chi connectivity index (χ4v) is 3.58. The second kappa shape index (κ2) is 5.96. The lowest BCUT2D eigenvalue weighted by atomic mass is 9.93. The van der Waals surface area contributed by atoms with E-state index in [0.29, 0.717) is 39.1 Å². The molecule has 1 fully saturated rings. The smallest absolute Gasteiger partial charge is 0.280 e. The Morgan fingerprint density at radius 3 is 2.28 bits per heavy atom. The van der Waals surface area contributed by atoms with Gasteiger partial charge in [0.2, 0.25) is 0 Å². The highest BCUT2D eigenvalue weighted by molar-refractivity contribution is 7.87. The van der Waals surface area contributed by atoms with Crippen molar-refractivity contribution in [1.82, 2.24) is 9.03 Å². The van der Waals surface area contributed by atoms with Crippen molar-refractivity contribution in [2.75, 3.05) is 26.3 Å². The molecular weight excluding hydrogens is 256 g/mol. The molecule has 106 valence electrons. The molecule has 0 spiro atoms. The van der Waals surface area contributed by atoms with E-state index in [1.807, 2.05) is 13.8 Å². The third-order valence-corrected chi connectivity index (χ3v) is 5.05. The molecule has 0 aromatic rings. The molecule has 0 saturated carbocycles. The minimum absolute atomic E-state index is 0.149. The maximum absolute atomic E-state index is 12.2. The third kappa shape index (κ3) is 3.19. The van der Waals surface area contributed by atoms with Crippen LogP contribution in [0.5, 0.6) is 0 Å². The number of hydrogen-bond acceptors (Lipinski definition) is 4. The van der Waals surface area contributed by atoms with Gasteiger partial charge >= 0.3 is 0 Å². The molecule has 4 N–H and O–H groups in total. The van der Waals surface area contributed by atoms with Gasteiger partial charge in [0.05, 0.1) is 18.8 Å². The van der Waals surface area contributed by atoms with E-state index in [4.69, 9.17) is 15.9 Å². The lowest BCUT2D eigenvalue weighted by Gasteiger charge is -2.35. The van der Waals surface area contributed by atoms with E-state index in [1.54, 1.807) is 0 Å². The zero-order valence-corrected chi connectivity index (χ0v) is 11.7. The minimum Gasteiger partial charge on any atom is -0.386 e. The number of rotatable bonds is 6. The molecular formula is C10H22N4O3S. The van der Waals surface area contributed by atoms with Crippen molar-refractivity contribution in [2.24, 2.45) is 5.73 Å². The van der Waals surface area contributed by atoms with E-state index in [1.165, 1.54) is 4.31 Å². The molecule has 0 radical (unpaired) electrons. The normalized spacial score (nSPS) is 18.8. The van der Waals surface area contributed by atoms with Crippen LogP contribution >= 0.6 is 0 Å². The van der Waals surface area contributed by atoms with E-state index < -0.39 is 15.7 Å². The van der Waals surface area contributed by atoms with E-state index in [0.717, 1.165) is 0 Å². The Morgan fingerprint density at radius 2 is 1.89 bits per heavy atom. The van der Waals surface area contributed by atoms with Gasteiger partial charge in [0.15, 0.2) is 0 Å². The number of nitrogens with zero attached hydrogens (tertiary/aromatic N) is 1. The lowest BCUT2D eigenvalue weighted by Crippen LogP contribution is -2.60. The summed E-state index contributed by atoms with van der Waals surface area (Å²) in [5.41, 5.74) is 4.55. The fraction of sp³-hybridized carbons (Fsp3) is 0.900. The first-order valence-corrected chi connectivity index (χ1v) is 7.53. The highest BCUT2D eigenvalue weighted by atomic mass is 32.2. The van der Waals surface area contributed by atoms with Gasteiger partial charge in [-0.1, -0.05) is 13.8 Å². The highest BCUT2D eigenvalue weighted by Gasteiger charge is 2.37. The van der Waals surface area contributed by atoms with Gasteiger partial charge in [-0.2, -0.15) is 17.4 Å². The molecule has 0 aromatic carbocycles. The van der Waals surface area contributed by atoms with Gasteiger partial charge in [-0.15, -0.1) is 0 Å². The van der Waals surface area contributed by atoms with Crippen molar-refractivity contribution >= 4 is 16.0 Å². The summed E-state index contributed by atoms with van der Waals surface area (Å²) in [4.78, 5) is 0. The molecule has 1 rings (SSSR count). The molecule has 7 nitrogen and oxygen atoms in total. The van der Waals surface area contributed by atoms with Crippen LogP contribution in [0.1, 0.15) is 26.7 Å². The van der Waals surface area contributed by atoms with Crippen LogP contribution in [0.2, 0.25) is 0 Å². The van der Waals surface area contributed by atoms with Gasteiger partial charge in [0.25, 0.3) is 10.2 Å². The minimum atomic E-state index is -3.63. The largest absolute Gasteiger partial charge is 0.386 e. The average Bonchev–Trinajstić information content (AvgIpc) is 2.37. The molecule has 1 heterocycles. The van der Waals surface area contributed by atoms with E-state index in [-0.39, 0.29) is 5.84 Å². The summed E-state index contributed by atoms with van der Waals surface area (Å²) in [5, 5.41) is 7.60. The van der Waals surface area contributed by atoms with Crippen molar-refractivity contribution in [3.63, 3.8) is 0 Å². The number of ether oxygens (including phenoxy) is 1. The first kappa shape index (κ1) is 15.4.